The molecule has 3 N–H and O–H groups in total. The molecule has 0 bridgehead atoms. The van der Waals surface area contributed by atoms with Crippen LogP contribution in [0.4, 0.5) is 28.7 Å². The zero-order chi connectivity index (χ0) is 29.4. The minimum atomic E-state index is -0.287. The second kappa shape index (κ2) is 14.4. The van der Waals surface area contributed by atoms with Gasteiger partial charge in [-0.05, 0) is 56.3 Å². The number of hydrogen-bond acceptors (Lipinski definition) is 9. The van der Waals surface area contributed by atoms with Crippen molar-refractivity contribution in [2.75, 3.05) is 69.9 Å². The highest BCUT2D eigenvalue weighted by atomic mass is 35.5. The molecule has 41 heavy (non-hydrogen) atoms. The van der Waals surface area contributed by atoms with Crippen molar-refractivity contribution in [3.8, 4) is 11.5 Å². The number of hydrogen-bond donors (Lipinski definition) is 3. The van der Waals surface area contributed by atoms with Crippen LogP contribution in [0, 0.1) is 0 Å². The van der Waals surface area contributed by atoms with Crippen molar-refractivity contribution in [1.82, 2.24) is 19.8 Å². The Bertz CT molecular complexity index is 1380. The predicted octanol–water partition coefficient (Wildman–Crippen LogP) is 5.59. The fourth-order valence-electron chi connectivity index (χ4n) is 4.51. The van der Waals surface area contributed by atoms with E-state index in [9.17, 15) is 4.79 Å². The summed E-state index contributed by atoms with van der Waals surface area (Å²) in [5, 5.41) is 10.2. The van der Waals surface area contributed by atoms with Crippen molar-refractivity contribution in [3.05, 3.63) is 64.9 Å². The van der Waals surface area contributed by atoms with Crippen molar-refractivity contribution in [1.29, 1.82) is 0 Å². The van der Waals surface area contributed by atoms with E-state index in [1.54, 1.807) is 25.3 Å². The van der Waals surface area contributed by atoms with E-state index in [4.69, 9.17) is 32.7 Å². The molecule has 0 atom stereocenters. The van der Waals surface area contributed by atoms with E-state index in [1.807, 2.05) is 12.1 Å². The molecule has 1 aliphatic heterocycles. The highest BCUT2D eigenvalue weighted by Crippen LogP contribution is 2.37. The number of carbonyl (C=O) groups excluding carboxylic acids is 1. The fourth-order valence-corrected chi connectivity index (χ4v) is 5.02. The SMILES string of the molecule is C=CC(=O)Nc1cc(Nc2cc(Nc3cc(OC)c(Cl)cc3Cl)ncn2)c(OC)cc1CCCN1CCN(C)CC1. The number of aryl methyl sites for hydroxylation is 1. The molecule has 3 aromatic rings. The number of methoxy groups -OCH3 is 2. The summed E-state index contributed by atoms with van der Waals surface area (Å²) in [5.41, 5.74) is 2.87. The third kappa shape index (κ3) is 8.23. The van der Waals surface area contributed by atoms with Gasteiger partial charge in [0.2, 0.25) is 5.91 Å². The van der Waals surface area contributed by atoms with Gasteiger partial charge in [-0.3, -0.25) is 4.79 Å². The van der Waals surface area contributed by atoms with Gasteiger partial charge < -0.3 is 35.2 Å². The molecule has 12 heteroatoms. The van der Waals surface area contributed by atoms with Gasteiger partial charge in [0.15, 0.2) is 0 Å². The van der Waals surface area contributed by atoms with Gasteiger partial charge in [-0.25, -0.2) is 9.97 Å². The van der Waals surface area contributed by atoms with Crippen LogP contribution in [0.3, 0.4) is 0 Å². The molecule has 1 aliphatic rings. The number of carbonyl (C=O) groups is 1. The van der Waals surface area contributed by atoms with E-state index in [0.717, 1.165) is 51.1 Å². The van der Waals surface area contributed by atoms with Gasteiger partial charge in [0.05, 0.1) is 35.6 Å². The number of anilines is 5. The molecule has 0 saturated carbocycles. The molecule has 218 valence electrons. The summed E-state index contributed by atoms with van der Waals surface area (Å²) >= 11 is 12.5. The lowest BCUT2D eigenvalue weighted by atomic mass is 10.0. The first-order chi connectivity index (χ1) is 19.8. The van der Waals surface area contributed by atoms with Crippen LogP contribution in [0.1, 0.15) is 12.0 Å². The zero-order valence-electron chi connectivity index (χ0n) is 23.5. The maximum Gasteiger partial charge on any atom is 0.247 e. The van der Waals surface area contributed by atoms with Crippen LogP contribution in [-0.4, -0.2) is 79.7 Å². The maximum atomic E-state index is 12.3. The molecule has 0 aliphatic carbocycles. The topological polar surface area (TPSA) is 104 Å². The van der Waals surface area contributed by atoms with E-state index in [-0.39, 0.29) is 5.91 Å². The number of likely N-dealkylation sites (N-methyl/N-ethyl adjacent to an activating group) is 1. The Morgan fingerprint density at radius 1 is 0.927 bits per heavy atom. The number of halogens is 2. The number of amides is 1. The highest BCUT2D eigenvalue weighted by Gasteiger charge is 2.16. The molecule has 0 radical (unpaired) electrons. The summed E-state index contributed by atoms with van der Waals surface area (Å²) in [6, 6.07) is 8.82. The molecular weight excluding hydrogens is 565 g/mol. The summed E-state index contributed by atoms with van der Waals surface area (Å²) in [5.74, 6) is 1.81. The second-order valence-electron chi connectivity index (χ2n) is 9.66. The minimum absolute atomic E-state index is 0.287. The first kappa shape index (κ1) is 30.4. The van der Waals surface area contributed by atoms with Crippen LogP contribution in [0.15, 0.2) is 49.3 Å². The lowest BCUT2D eigenvalue weighted by Gasteiger charge is -2.32. The van der Waals surface area contributed by atoms with Gasteiger partial charge >= 0.3 is 0 Å². The van der Waals surface area contributed by atoms with Crippen molar-refractivity contribution >= 4 is 57.8 Å². The molecule has 0 unspecified atom stereocenters. The maximum absolute atomic E-state index is 12.3. The van der Waals surface area contributed by atoms with E-state index < -0.39 is 0 Å². The minimum Gasteiger partial charge on any atom is -0.495 e. The number of piperazine rings is 1. The molecule has 1 amide bonds. The molecule has 10 nitrogen and oxygen atoms in total. The smallest absolute Gasteiger partial charge is 0.247 e. The average molecular weight is 601 g/mol. The zero-order valence-corrected chi connectivity index (χ0v) is 25.0. The predicted molar refractivity (Wildman–Crippen MR) is 166 cm³/mol. The highest BCUT2D eigenvalue weighted by molar-refractivity contribution is 6.37. The molecule has 1 aromatic heterocycles. The van der Waals surface area contributed by atoms with E-state index >= 15 is 0 Å². The largest absolute Gasteiger partial charge is 0.495 e. The first-order valence-corrected chi connectivity index (χ1v) is 14.0. The Hall–Kier alpha value is -3.57. The first-order valence-electron chi connectivity index (χ1n) is 13.2. The molecule has 1 fully saturated rings. The lowest BCUT2D eigenvalue weighted by Crippen LogP contribution is -2.44. The van der Waals surface area contributed by atoms with Crippen molar-refractivity contribution < 1.29 is 14.3 Å². The number of nitrogens with zero attached hydrogens (tertiary/aromatic N) is 4. The quantitative estimate of drug-likeness (QED) is 0.230. The standard InChI is InChI=1S/C29H35Cl2N7O3/c1-5-29(39)36-22-15-24(26(41-4)13-19(22)7-6-8-38-11-9-37(2)10-12-38)35-28-17-27(32-18-33-28)34-23-16-25(40-3)21(31)14-20(23)30/h5,13-18H,1,6-12H2,2-4H3,(H,36,39)(H2,32,33,34,35). The van der Waals surface area contributed by atoms with Crippen LogP contribution < -0.4 is 25.4 Å². The molecule has 1 saturated heterocycles. The normalized spacial score (nSPS) is 13.9. The van der Waals surface area contributed by atoms with E-state index in [2.05, 4.69) is 49.3 Å². The van der Waals surface area contributed by atoms with Crippen LogP contribution >= 0.6 is 23.2 Å². The molecule has 0 spiro atoms. The number of ether oxygens (including phenoxy) is 2. The third-order valence-electron chi connectivity index (χ3n) is 6.82. The second-order valence-corrected chi connectivity index (χ2v) is 10.5. The number of nitrogens with one attached hydrogen (secondary N) is 3. The van der Waals surface area contributed by atoms with Crippen LogP contribution in [0.25, 0.3) is 0 Å². The van der Waals surface area contributed by atoms with Gasteiger partial charge in [-0.1, -0.05) is 29.8 Å². The van der Waals surface area contributed by atoms with Crippen LogP contribution in [0.2, 0.25) is 10.0 Å². The van der Waals surface area contributed by atoms with Gasteiger partial charge in [-0.2, -0.15) is 0 Å². The number of benzene rings is 2. The summed E-state index contributed by atoms with van der Waals surface area (Å²) in [6.45, 7) is 8.88. The summed E-state index contributed by atoms with van der Waals surface area (Å²) in [7, 11) is 5.29. The van der Waals surface area contributed by atoms with Crippen LogP contribution in [-0.2, 0) is 11.2 Å². The monoisotopic (exact) mass is 599 g/mol. The summed E-state index contributed by atoms with van der Waals surface area (Å²) < 4.78 is 11.0. The lowest BCUT2D eigenvalue weighted by molar-refractivity contribution is -0.111. The number of aromatic nitrogens is 2. The third-order valence-corrected chi connectivity index (χ3v) is 7.43. The van der Waals surface area contributed by atoms with Crippen molar-refractivity contribution in [2.45, 2.75) is 12.8 Å². The van der Waals surface area contributed by atoms with Crippen LogP contribution in [0.5, 0.6) is 11.5 Å². The Morgan fingerprint density at radius 3 is 2.27 bits per heavy atom. The van der Waals surface area contributed by atoms with E-state index in [0.29, 0.717) is 50.2 Å². The molecule has 2 aromatic carbocycles. The Morgan fingerprint density at radius 2 is 1.61 bits per heavy atom. The van der Waals surface area contributed by atoms with Gasteiger partial charge in [0.1, 0.15) is 29.5 Å². The fraction of sp³-hybridized carbons (Fsp3) is 0.345. The Balaban J connectivity index is 1.53. The summed E-state index contributed by atoms with van der Waals surface area (Å²) in [6.07, 6.45) is 4.41. The molecule has 2 heterocycles. The summed E-state index contributed by atoms with van der Waals surface area (Å²) in [4.78, 5) is 25.7. The molecular formula is C29H35Cl2N7O3. The average Bonchev–Trinajstić information content (AvgIpc) is 2.96. The Labute approximate surface area is 250 Å². The van der Waals surface area contributed by atoms with Crippen molar-refractivity contribution in [2.24, 2.45) is 0 Å². The van der Waals surface area contributed by atoms with Gasteiger partial charge in [-0.15, -0.1) is 0 Å². The van der Waals surface area contributed by atoms with Gasteiger partial charge in [0, 0.05) is 44.0 Å². The molecule has 4 rings (SSSR count). The number of rotatable bonds is 12. The van der Waals surface area contributed by atoms with E-state index in [1.165, 1.54) is 19.5 Å². The Kier molecular flexibility index (Phi) is 10.6. The van der Waals surface area contributed by atoms with Gasteiger partial charge in [0.25, 0.3) is 0 Å². The van der Waals surface area contributed by atoms with Crippen molar-refractivity contribution in [3.63, 3.8) is 0 Å².